The van der Waals surface area contributed by atoms with E-state index in [1.807, 2.05) is 4.68 Å². The van der Waals surface area contributed by atoms with E-state index >= 15 is 0 Å². The monoisotopic (exact) mass is 223 g/mol. The lowest BCUT2D eigenvalue weighted by Crippen LogP contribution is -2.29. The van der Waals surface area contributed by atoms with E-state index in [0.29, 0.717) is 18.4 Å². The van der Waals surface area contributed by atoms with Crippen molar-refractivity contribution in [3.05, 3.63) is 12.2 Å². The molecule has 1 saturated carbocycles. The molecule has 0 amide bonds. The molecule has 0 aliphatic heterocycles. The third-order valence-electron chi connectivity index (χ3n) is 3.45. The molecule has 0 saturated heterocycles. The largest absolute Gasteiger partial charge is 0.389 e. The summed E-state index contributed by atoms with van der Waals surface area (Å²) >= 11 is 0. The maximum Gasteiger partial charge on any atom is 0.138 e. The first-order chi connectivity index (χ1) is 7.50. The van der Waals surface area contributed by atoms with Gasteiger partial charge >= 0.3 is 0 Å². The van der Waals surface area contributed by atoms with Gasteiger partial charge in [-0.15, -0.1) is 0 Å². The number of hydrogen-bond donors (Lipinski definition) is 1. The van der Waals surface area contributed by atoms with Gasteiger partial charge in [-0.25, -0.2) is 9.67 Å². The van der Waals surface area contributed by atoms with Crippen LogP contribution in [0.1, 0.15) is 51.9 Å². The van der Waals surface area contributed by atoms with Crippen molar-refractivity contribution >= 4 is 0 Å². The number of aromatic nitrogens is 3. The smallest absolute Gasteiger partial charge is 0.138 e. The van der Waals surface area contributed by atoms with Crippen LogP contribution in [-0.4, -0.2) is 25.5 Å². The predicted molar refractivity (Wildman–Crippen MR) is 62.1 cm³/mol. The van der Waals surface area contributed by atoms with Gasteiger partial charge in [0.1, 0.15) is 12.2 Å². The zero-order valence-electron chi connectivity index (χ0n) is 10.3. The molecule has 4 nitrogen and oxygen atoms in total. The van der Waals surface area contributed by atoms with Gasteiger partial charge in [-0.3, -0.25) is 0 Å². The average Bonchev–Trinajstić information content (AvgIpc) is 2.74. The molecule has 1 heterocycles. The minimum Gasteiger partial charge on any atom is -0.389 e. The van der Waals surface area contributed by atoms with Crippen LogP contribution in [0.2, 0.25) is 0 Å². The minimum absolute atomic E-state index is 0.305. The Morgan fingerprint density at radius 2 is 2.38 bits per heavy atom. The van der Waals surface area contributed by atoms with Gasteiger partial charge in [-0.05, 0) is 39.0 Å². The molecule has 0 radical (unpaired) electrons. The van der Waals surface area contributed by atoms with Crippen molar-refractivity contribution in [3.63, 3.8) is 0 Å². The number of rotatable bonds is 3. The Balaban J connectivity index is 2.11. The molecular formula is C12H21N3O. The van der Waals surface area contributed by atoms with E-state index in [1.165, 1.54) is 0 Å². The normalized spacial score (nSPS) is 30.2. The van der Waals surface area contributed by atoms with Gasteiger partial charge in [0.05, 0.1) is 5.60 Å². The van der Waals surface area contributed by atoms with E-state index < -0.39 is 5.60 Å². The second kappa shape index (κ2) is 4.17. The summed E-state index contributed by atoms with van der Waals surface area (Å²) in [5, 5.41) is 14.7. The lowest BCUT2D eigenvalue weighted by Gasteiger charge is -2.22. The molecule has 2 unspecified atom stereocenters. The van der Waals surface area contributed by atoms with Crippen LogP contribution in [-0.2, 0) is 6.42 Å². The first-order valence-electron chi connectivity index (χ1n) is 6.11. The first-order valence-corrected chi connectivity index (χ1v) is 6.11. The highest BCUT2D eigenvalue weighted by atomic mass is 16.3. The maximum absolute atomic E-state index is 10.5. The van der Waals surface area contributed by atoms with Crippen molar-refractivity contribution in [1.29, 1.82) is 0 Å². The van der Waals surface area contributed by atoms with Gasteiger partial charge in [0.15, 0.2) is 0 Å². The Kier molecular flexibility index (Phi) is 3.02. The van der Waals surface area contributed by atoms with Crippen LogP contribution in [0.5, 0.6) is 0 Å². The summed E-state index contributed by atoms with van der Waals surface area (Å²) in [5.74, 6) is 1.53. The average molecular weight is 223 g/mol. The molecule has 0 bridgehead atoms. The standard InChI is InChI=1S/C12H21N3O/c1-9(2)15-11(13-8-14-15)7-12(16)5-4-10(3)6-12/h8-10,16H,4-7H2,1-3H3. The molecule has 1 N–H and O–H groups in total. The van der Waals surface area contributed by atoms with E-state index in [0.717, 1.165) is 25.1 Å². The van der Waals surface area contributed by atoms with Crippen LogP contribution in [0.25, 0.3) is 0 Å². The van der Waals surface area contributed by atoms with E-state index in [1.54, 1.807) is 6.33 Å². The third kappa shape index (κ3) is 2.26. The van der Waals surface area contributed by atoms with E-state index in [4.69, 9.17) is 0 Å². The van der Waals surface area contributed by atoms with Crippen LogP contribution < -0.4 is 0 Å². The highest BCUT2D eigenvalue weighted by Crippen LogP contribution is 2.36. The summed E-state index contributed by atoms with van der Waals surface area (Å²) in [6.07, 6.45) is 5.11. The van der Waals surface area contributed by atoms with Crippen molar-refractivity contribution in [1.82, 2.24) is 14.8 Å². The summed E-state index contributed by atoms with van der Waals surface area (Å²) in [5.41, 5.74) is -0.556. The van der Waals surface area contributed by atoms with Crippen molar-refractivity contribution in [3.8, 4) is 0 Å². The van der Waals surface area contributed by atoms with Crippen LogP contribution in [0.4, 0.5) is 0 Å². The minimum atomic E-state index is -0.556. The maximum atomic E-state index is 10.5. The summed E-state index contributed by atoms with van der Waals surface area (Å²) in [7, 11) is 0. The van der Waals surface area contributed by atoms with Gasteiger partial charge in [-0.1, -0.05) is 6.92 Å². The Morgan fingerprint density at radius 1 is 1.62 bits per heavy atom. The molecule has 1 aliphatic carbocycles. The predicted octanol–water partition coefficient (Wildman–Crippen LogP) is 1.95. The highest BCUT2D eigenvalue weighted by molar-refractivity contribution is 4.99. The number of hydrogen-bond acceptors (Lipinski definition) is 3. The first kappa shape index (κ1) is 11.6. The van der Waals surface area contributed by atoms with Crippen molar-refractivity contribution in [2.45, 2.75) is 58.1 Å². The number of aliphatic hydroxyl groups is 1. The molecule has 16 heavy (non-hydrogen) atoms. The summed E-state index contributed by atoms with van der Waals surface area (Å²) in [6.45, 7) is 6.37. The molecule has 1 aliphatic rings. The van der Waals surface area contributed by atoms with E-state index in [2.05, 4.69) is 30.9 Å². The molecule has 2 atom stereocenters. The van der Waals surface area contributed by atoms with Crippen LogP contribution in [0.3, 0.4) is 0 Å². The molecule has 1 fully saturated rings. The Hall–Kier alpha value is -0.900. The molecule has 1 aromatic rings. The van der Waals surface area contributed by atoms with Gasteiger partial charge < -0.3 is 5.11 Å². The summed E-state index contributed by atoms with van der Waals surface area (Å²) in [4.78, 5) is 4.26. The molecule has 2 rings (SSSR count). The summed E-state index contributed by atoms with van der Waals surface area (Å²) in [6, 6.07) is 0.305. The van der Waals surface area contributed by atoms with E-state index in [-0.39, 0.29) is 0 Å². The highest BCUT2D eigenvalue weighted by Gasteiger charge is 2.36. The van der Waals surface area contributed by atoms with Gasteiger partial charge in [-0.2, -0.15) is 5.10 Å². The quantitative estimate of drug-likeness (QED) is 0.852. The van der Waals surface area contributed by atoms with Crippen molar-refractivity contribution < 1.29 is 5.11 Å². The molecule has 4 heteroatoms. The van der Waals surface area contributed by atoms with Gasteiger partial charge in [0.2, 0.25) is 0 Å². The van der Waals surface area contributed by atoms with Crippen LogP contribution in [0.15, 0.2) is 6.33 Å². The van der Waals surface area contributed by atoms with Crippen LogP contribution >= 0.6 is 0 Å². The Bertz CT molecular complexity index is 361. The second-order valence-electron chi connectivity index (χ2n) is 5.46. The van der Waals surface area contributed by atoms with Crippen molar-refractivity contribution in [2.24, 2.45) is 5.92 Å². The zero-order chi connectivity index (χ0) is 11.8. The van der Waals surface area contributed by atoms with Crippen molar-refractivity contribution in [2.75, 3.05) is 0 Å². The Labute approximate surface area is 96.7 Å². The fourth-order valence-electron chi connectivity index (χ4n) is 2.65. The van der Waals surface area contributed by atoms with Gasteiger partial charge in [0.25, 0.3) is 0 Å². The molecular weight excluding hydrogens is 202 g/mol. The molecule has 1 aromatic heterocycles. The number of nitrogens with zero attached hydrogens (tertiary/aromatic N) is 3. The lowest BCUT2D eigenvalue weighted by molar-refractivity contribution is 0.0413. The van der Waals surface area contributed by atoms with Gasteiger partial charge in [0, 0.05) is 12.5 Å². The molecule has 90 valence electrons. The van der Waals surface area contributed by atoms with E-state index in [9.17, 15) is 5.11 Å². The second-order valence-corrected chi connectivity index (χ2v) is 5.46. The Morgan fingerprint density at radius 3 is 2.94 bits per heavy atom. The lowest BCUT2D eigenvalue weighted by atomic mass is 9.96. The molecule has 0 spiro atoms. The topological polar surface area (TPSA) is 50.9 Å². The fourth-order valence-corrected chi connectivity index (χ4v) is 2.65. The summed E-state index contributed by atoms with van der Waals surface area (Å²) < 4.78 is 1.90. The SMILES string of the molecule is CC1CCC(O)(Cc2ncnn2C(C)C)C1. The molecule has 0 aromatic carbocycles. The third-order valence-corrected chi connectivity index (χ3v) is 3.45. The fraction of sp³-hybridized carbons (Fsp3) is 0.833. The van der Waals surface area contributed by atoms with Crippen LogP contribution in [0, 0.1) is 5.92 Å². The zero-order valence-corrected chi connectivity index (χ0v) is 10.3.